The number of hydrogen-bond donors (Lipinski definition) is 1. The van der Waals surface area contributed by atoms with E-state index in [9.17, 15) is 9.59 Å². The Hall–Kier alpha value is -3.29. The molecule has 0 aliphatic carbocycles. The first kappa shape index (κ1) is 18.1. The Kier molecular flexibility index (Phi) is 5.01. The molecule has 1 aromatic carbocycles. The Labute approximate surface area is 169 Å². The number of hydrogen-bond acceptors (Lipinski definition) is 5. The van der Waals surface area contributed by atoms with Gasteiger partial charge < -0.3 is 0 Å². The molecular weight excluding hydrogens is 396 g/mol. The summed E-state index contributed by atoms with van der Waals surface area (Å²) in [5.41, 5.74) is 2.13. The van der Waals surface area contributed by atoms with E-state index in [4.69, 9.17) is 11.6 Å². The minimum atomic E-state index is -0.352. The zero-order chi connectivity index (χ0) is 19.5. The number of thiazole rings is 1. The molecule has 0 saturated heterocycles. The fourth-order valence-electron chi connectivity index (χ4n) is 2.56. The van der Waals surface area contributed by atoms with Crippen LogP contribution in [0.4, 0.5) is 5.13 Å². The highest BCUT2D eigenvalue weighted by molar-refractivity contribution is 7.14. The topological polar surface area (TPSA) is 76.9 Å². The van der Waals surface area contributed by atoms with Crippen LogP contribution >= 0.6 is 22.9 Å². The lowest BCUT2D eigenvalue weighted by atomic mass is 10.2. The summed E-state index contributed by atoms with van der Waals surface area (Å²) >= 11 is 7.14. The summed E-state index contributed by atoms with van der Waals surface area (Å²) in [5, 5.41) is 5.54. The molecule has 3 aromatic heterocycles. The van der Waals surface area contributed by atoms with Crippen LogP contribution in [0.25, 0.3) is 17.1 Å². The van der Waals surface area contributed by atoms with Gasteiger partial charge in [0.25, 0.3) is 11.5 Å². The minimum absolute atomic E-state index is 0.215. The van der Waals surface area contributed by atoms with Crippen LogP contribution in [0.1, 0.15) is 10.4 Å². The largest absolute Gasteiger partial charge is 0.298 e. The number of nitrogens with one attached hydrogen (secondary N) is 1. The molecule has 1 amide bonds. The third-order valence-corrected chi connectivity index (χ3v) is 4.90. The van der Waals surface area contributed by atoms with Crippen molar-refractivity contribution in [2.45, 2.75) is 0 Å². The quantitative estimate of drug-likeness (QED) is 0.547. The summed E-state index contributed by atoms with van der Waals surface area (Å²) in [5.74, 6) is -0.352. The van der Waals surface area contributed by atoms with Crippen molar-refractivity contribution in [3.05, 3.63) is 93.3 Å². The Balaban J connectivity index is 1.56. The third kappa shape index (κ3) is 3.85. The van der Waals surface area contributed by atoms with E-state index in [0.717, 1.165) is 0 Å². The van der Waals surface area contributed by atoms with Crippen molar-refractivity contribution in [2.75, 3.05) is 5.32 Å². The van der Waals surface area contributed by atoms with Crippen molar-refractivity contribution >= 4 is 34.0 Å². The van der Waals surface area contributed by atoms with Crippen molar-refractivity contribution in [3.63, 3.8) is 0 Å². The smallest absolute Gasteiger partial charge is 0.258 e. The first-order valence-corrected chi connectivity index (χ1v) is 9.53. The molecule has 28 heavy (non-hydrogen) atoms. The van der Waals surface area contributed by atoms with Crippen LogP contribution in [-0.2, 0) is 0 Å². The maximum Gasteiger partial charge on any atom is 0.258 e. The van der Waals surface area contributed by atoms with Gasteiger partial charge in [-0.1, -0.05) is 29.8 Å². The summed E-state index contributed by atoms with van der Waals surface area (Å²) < 4.78 is 1.43. The number of anilines is 1. The maximum atomic E-state index is 12.6. The molecular formula is C20H13ClN4O2S. The molecule has 4 rings (SSSR count). The van der Waals surface area contributed by atoms with Crippen LogP contribution in [0.5, 0.6) is 0 Å². The van der Waals surface area contributed by atoms with Gasteiger partial charge in [-0.2, -0.15) is 0 Å². The molecule has 4 aromatic rings. The zero-order valence-corrected chi connectivity index (χ0v) is 15.9. The highest BCUT2D eigenvalue weighted by Crippen LogP contribution is 2.24. The van der Waals surface area contributed by atoms with Crippen LogP contribution in [0.15, 0.2) is 77.2 Å². The number of rotatable bonds is 4. The summed E-state index contributed by atoms with van der Waals surface area (Å²) in [6.45, 7) is 0. The molecule has 3 heterocycles. The monoisotopic (exact) mass is 408 g/mol. The Morgan fingerprint density at radius 2 is 1.86 bits per heavy atom. The van der Waals surface area contributed by atoms with Gasteiger partial charge in [0.1, 0.15) is 5.69 Å². The highest BCUT2D eigenvalue weighted by Gasteiger charge is 2.12. The van der Waals surface area contributed by atoms with E-state index in [1.54, 1.807) is 35.8 Å². The summed E-state index contributed by atoms with van der Waals surface area (Å²) in [7, 11) is 0. The number of halogens is 1. The van der Waals surface area contributed by atoms with Crippen molar-refractivity contribution in [1.29, 1.82) is 0 Å². The second-order valence-electron chi connectivity index (χ2n) is 5.82. The molecule has 8 heteroatoms. The minimum Gasteiger partial charge on any atom is -0.298 e. The molecule has 0 fully saturated rings. The van der Waals surface area contributed by atoms with E-state index in [0.29, 0.717) is 32.8 Å². The molecule has 0 bridgehead atoms. The molecule has 138 valence electrons. The van der Waals surface area contributed by atoms with Gasteiger partial charge in [0, 0.05) is 29.5 Å². The standard InChI is InChI=1S/C20H13ClN4O2S/c21-14-7-8-16(22-10-14)17-12-28-20(23-17)24-19(27)13-6-9-18(26)25(11-13)15-4-2-1-3-5-15/h1-12H,(H,23,24,27). The second kappa shape index (κ2) is 7.75. The number of amides is 1. The van der Waals surface area contributed by atoms with E-state index >= 15 is 0 Å². The van der Waals surface area contributed by atoms with Gasteiger partial charge in [0.15, 0.2) is 5.13 Å². The Morgan fingerprint density at radius 3 is 2.61 bits per heavy atom. The molecule has 0 saturated carbocycles. The fourth-order valence-corrected chi connectivity index (χ4v) is 3.37. The molecule has 1 N–H and O–H groups in total. The summed E-state index contributed by atoms with van der Waals surface area (Å²) in [6, 6.07) is 15.5. The van der Waals surface area contributed by atoms with Crippen LogP contribution in [0, 0.1) is 0 Å². The maximum absolute atomic E-state index is 12.6. The lowest BCUT2D eigenvalue weighted by Crippen LogP contribution is -2.20. The van der Waals surface area contributed by atoms with Crippen LogP contribution in [0.3, 0.4) is 0 Å². The summed E-state index contributed by atoms with van der Waals surface area (Å²) in [4.78, 5) is 33.3. The number of para-hydroxylation sites is 1. The number of nitrogens with zero attached hydrogens (tertiary/aromatic N) is 3. The number of carbonyl (C=O) groups excluding carboxylic acids is 1. The van der Waals surface area contributed by atoms with Gasteiger partial charge in [-0.15, -0.1) is 11.3 Å². The van der Waals surface area contributed by atoms with Gasteiger partial charge in [-0.05, 0) is 30.3 Å². The van der Waals surface area contributed by atoms with Crippen molar-refractivity contribution in [3.8, 4) is 17.1 Å². The summed E-state index contributed by atoms with van der Waals surface area (Å²) in [6.07, 6.45) is 3.06. The number of carbonyl (C=O) groups is 1. The van der Waals surface area contributed by atoms with Crippen molar-refractivity contribution in [1.82, 2.24) is 14.5 Å². The van der Waals surface area contributed by atoms with E-state index < -0.39 is 0 Å². The van der Waals surface area contributed by atoms with E-state index in [1.807, 2.05) is 18.2 Å². The number of benzene rings is 1. The van der Waals surface area contributed by atoms with E-state index in [-0.39, 0.29) is 11.5 Å². The average molecular weight is 409 g/mol. The highest BCUT2D eigenvalue weighted by atomic mass is 35.5. The Bertz CT molecular complexity index is 1190. The number of pyridine rings is 2. The zero-order valence-electron chi connectivity index (χ0n) is 14.4. The lowest BCUT2D eigenvalue weighted by Gasteiger charge is -2.08. The first-order valence-electron chi connectivity index (χ1n) is 8.27. The molecule has 0 atom stereocenters. The fraction of sp³-hybridized carbons (Fsp3) is 0. The second-order valence-corrected chi connectivity index (χ2v) is 7.11. The van der Waals surface area contributed by atoms with E-state index in [1.165, 1.54) is 34.2 Å². The number of aromatic nitrogens is 3. The normalized spacial score (nSPS) is 10.6. The lowest BCUT2D eigenvalue weighted by molar-refractivity contribution is 0.102. The predicted octanol–water partition coefficient (Wildman–Crippen LogP) is 4.26. The average Bonchev–Trinajstić information content (AvgIpc) is 3.18. The van der Waals surface area contributed by atoms with Gasteiger partial charge in [0.2, 0.25) is 0 Å². The van der Waals surface area contributed by atoms with Gasteiger partial charge >= 0.3 is 0 Å². The molecule has 0 unspecified atom stereocenters. The molecule has 0 aliphatic heterocycles. The third-order valence-electron chi connectivity index (χ3n) is 3.92. The molecule has 6 nitrogen and oxygen atoms in total. The van der Waals surface area contributed by atoms with Gasteiger partial charge in [0.05, 0.1) is 16.3 Å². The van der Waals surface area contributed by atoms with Crippen LogP contribution in [-0.4, -0.2) is 20.4 Å². The first-order chi connectivity index (χ1) is 13.6. The molecule has 0 spiro atoms. The molecule has 0 radical (unpaired) electrons. The molecule has 0 aliphatic rings. The van der Waals surface area contributed by atoms with Crippen molar-refractivity contribution < 1.29 is 4.79 Å². The van der Waals surface area contributed by atoms with Crippen molar-refractivity contribution in [2.24, 2.45) is 0 Å². The SMILES string of the molecule is O=C(Nc1nc(-c2ccc(Cl)cn2)cs1)c1ccc(=O)n(-c2ccccc2)c1. The van der Waals surface area contributed by atoms with Gasteiger partial charge in [-0.3, -0.25) is 24.5 Å². The van der Waals surface area contributed by atoms with Crippen LogP contribution in [0.2, 0.25) is 5.02 Å². The van der Waals surface area contributed by atoms with Crippen LogP contribution < -0.4 is 10.9 Å². The predicted molar refractivity (Wildman–Crippen MR) is 110 cm³/mol. The van der Waals surface area contributed by atoms with E-state index in [2.05, 4.69) is 15.3 Å². The Morgan fingerprint density at radius 1 is 1.04 bits per heavy atom. The van der Waals surface area contributed by atoms with Gasteiger partial charge in [-0.25, -0.2) is 4.98 Å².